The number of aliphatic hydroxyl groups is 1. The molecule has 1 aromatic heterocycles. The number of hydrogen-bond donors (Lipinski definition) is 1. The molecule has 7 heteroatoms. The average molecular weight is 449 g/mol. The number of pyridine rings is 1. The van der Waals surface area contributed by atoms with Crippen molar-refractivity contribution in [2.45, 2.75) is 13.0 Å². The van der Waals surface area contributed by atoms with Crippen molar-refractivity contribution in [2.75, 3.05) is 4.90 Å². The first-order valence-electron chi connectivity index (χ1n) is 11.0. The van der Waals surface area contributed by atoms with Crippen LogP contribution in [-0.2, 0) is 9.59 Å². The van der Waals surface area contributed by atoms with Gasteiger partial charge in [-0.3, -0.25) is 24.4 Å². The number of imide groups is 1. The van der Waals surface area contributed by atoms with Gasteiger partial charge in [0.2, 0.25) is 11.8 Å². The molecule has 7 nitrogen and oxygen atoms in total. The summed E-state index contributed by atoms with van der Waals surface area (Å²) in [4.78, 5) is 50.9. The van der Waals surface area contributed by atoms with Crippen LogP contribution in [0.2, 0.25) is 0 Å². The van der Waals surface area contributed by atoms with Gasteiger partial charge >= 0.3 is 0 Å². The molecule has 3 aliphatic rings. The number of benzene rings is 2. The van der Waals surface area contributed by atoms with E-state index in [4.69, 9.17) is 4.99 Å². The van der Waals surface area contributed by atoms with Crippen LogP contribution in [0.25, 0.3) is 5.76 Å². The van der Waals surface area contributed by atoms with Crippen molar-refractivity contribution in [2.24, 2.45) is 16.8 Å². The lowest BCUT2D eigenvalue weighted by Crippen LogP contribution is -2.33. The molecule has 34 heavy (non-hydrogen) atoms. The molecule has 2 amide bonds. The third-order valence-corrected chi connectivity index (χ3v) is 6.69. The molecule has 6 rings (SSSR count). The zero-order chi connectivity index (χ0) is 23.6. The molecule has 2 aromatic carbocycles. The fraction of sp³-hybridized carbons (Fsp3) is 0.148. The summed E-state index contributed by atoms with van der Waals surface area (Å²) in [5, 5.41) is 11.0. The first kappa shape index (κ1) is 20.2. The maximum atomic E-state index is 13.7. The molecule has 0 spiro atoms. The largest absolute Gasteiger partial charge is 0.506 e. The van der Waals surface area contributed by atoms with Crippen molar-refractivity contribution in [1.29, 1.82) is 0 Å². The summed E-state index contributed by atoms with van der Waals surface area (Å²) in [6.45, 7) is 1.92. The number of hydrogen-bond acceptors (Lipinski definition) is 6. The van der Waals surface area contributed by atoms with Gasteiger partial charge in [-0.1, -0.05) is 48.0 Å². The van der Waals surface area contributed by atoms with E-state index in [0.717, 1.165) is 5.56 Å². The summed E-state index contributed by atoms with van der Waals surface area (Å²) in [6, 6.07) is 18.4. The van der Waals surface area contributed by atoms with E-state index in [1.807, 2.05) is 19.1 Å². The van der Waals surface area contributed by atoms with Crippen LogP contribution in [0.15, 0.2) is 83.5 Å². The van der Waals surface area contributed by atoms with Crippen molar-refractivity contribution in [3.05, 3.63) is 101 Å². The van der Waals surface area contributed by atoms with Crippen LogP contribution in [0, 0.1) is 18.8 Å². The third kappa shape index (κ3) is 2.73. The van der Waals surface area contributed by atoms with Gasteiger partial charge in [0.05, 0.1) is 34.5 Å². The number of nitrogens with zero attached hydrogens (tertiary/aromatic N) is 3. The lowest BCUT2D eigenvalue weighted by atomic mass is 9.84. The molecule has 1 saturated heterocycles. The zero-order valence-electron chi connectivity index (χ0n) is 18.2. The highest BCUT2D eigenvalue weighted by Gasteiger charge is 2.59. The van der Waals surface area contributed by atoms with E-state index in [-0.39, 0.29) is 17.0 Å². The minimum Gasteiger partial charge on any atom is -0.506 e. The number of fused-ring (bicyclic) bond motifs is 2. The highest BCUT2D eigenvalue weighted by Crippen LogP contribution is 2.48. The number of Topliss-reactive ketones (excluding diaryl/α,β-unsaturated/α-hetero) is 1. The van der Waals surface area contributed by atoms with Gasteiger partial charge < -0.3 is 5.11 Å². The molecule has 0 radical (unpaired) electrons. The summed E-state index contributed by atoms with van der Waals surface area (Å²) in [6.07, 6.45) is 1.60. The number of rotatable bonds is 3. The van der Waals surface area contributed by atoms with Crippen LogP contribution in [0.5, 0.6) is 0 Å². The Morgan fingerprint density at radius 1 is 0.853 bits per heavy atom. The maximum absolute atomic E-state index is 13.7. The van der Waals surface area contributed by atoms with Crippen molar-refractivity contribution < 1.29 is 19.5 Å². The first-order chi connectivity index (χ1) is 16.5. The fourth-order valence-electron chi connectivity index (χ4n) is 5.08. The van der Waals surface area contributed by atoms with Gasteiger partial charge in [0.1, 0.15) is 11.8 Å². The molecule has 1 fully saturated rings. The number of aliphatic imine (C=N–C) groups is 1. The van der Waals surface area contributed by atoms with E-state index < -0.39 is 35.5 Å². The van der Waals surface area contributed by atoms with Crippen molar-refractivity contribution >= 4 is 34.8 Å². The average Bonchev–Trinajstić information content (AvgIpc) is 3.45. The van der Waals surface area contributed by atoms with E-state index in [1.54, 1.807) is 60.8 Å². The Morgan fingerprint density at radius 3 is 2.24 bits per heavy atom. The Hall–Kier alpha value is -4.39. The molecule has 0 bridgehead atoms. The van der Waals surface area contributed by atoms with E-state index in [0.29, 0.717) is 22.5 Å². The Morgan fingerprint density at radius 2 is 1.56 bits per heavy atom. The topological polar surface area (TPSA) is 99.9 Å². The number of carbonyl (C=O) groups is 3. The van der Waals surface area contributed by atoms with Crippen LogP contribution >= 0.6 is 0 Å². The summed E-state index contributed by atoms with van der Waals surface area (Å²) in [5.41, 5.74) is 2.88. The Balaban J connectivity index is 1.51. The highest BCUT2D eigenvalue weighted by molar-refractivity contribution is 6.42. The van der Waals surface area contributed by atoms with Gasteiger partial charge in [-0.05, 0) is 31.2 Å². The minimum absolute atomic E-state index is 0.0125. The molecule has 3 atom stereocenters. The van der Waals surface area contributed by atoms with Gasteiger partial charge in [-0.15, -0.1) is 0 Å². The molecule has 0 saturated carbocycles. The number of aliphatic hydroxyl groups excluding tert-OH is 1. The lowest BCUT2D eigenvalue weighted by Gasteiger charge is -2.18. The van der Waals surface area contributed by atoms with Crippen LogP contribution in [-0.4, -0.2) is 33.4 Å². The number of anilines is 1. The van der Waals surface area contributed by atoms with Crippen LogP contribution < -0.4 is 4.90 Å². The normalized spacial score (nSPS) is 23.4. The van der Waals surface area contributed by atoms with Crippen LogP contribution in [0.1, 0.15) is 33.2 Å². The lowest BCUT2D eigenvalue weighted by molar-refractivity contribution is -0.122. The molecule has 3 heterocycles. The standard InChI is InChI=1S/C27H19N3O4/c1-14-9-11-15(12-10-14)30-26(33)19-20(27(30)34)23(29-22(19)18-8-4-5-13-28-18)21-24(31)16-6-2-3-7-17(16)25(21)32/h2-13,19-20,22,31H,1H3. The van der Waals surface area contributed by atoms with Crippen LogP contribution in [0.4, 0.5) is 5.69 Å². The molecule has 3 unspecified atom stereocenters. The van der Waals surface area contributed by atoms with Crippen molar-refractivity contribution in [1.82, 2.24) is 4.98 Å². The fourth-order valence-corrected chi connectivity index (χ4v) is 5.08. The summed E-state index contributed by atoms with van der Waals surface area (Å²) < 4.78 is 0. The predicted octanol–water partition coefficient (Wildman–Crippen LogP) is 3.86. The molecule has 1 aliphatic carbocycles. The van der Waals surface area contributed by atoms with Gasteiger partial charge in [0.15, 0.2) is 5.78 Å². The van der Waals surface area contributed by atoms with E-state index in [1.165, 1.54) is 4.90 Å². The summed E-state index contributed by atoms with van der Waals surface area (Å²) in [5.74, 6) is -3.31. The molecule has 166 valence electrons. The number of amides is 2. The van der Waals surface area contributed by atoms with E-state index in [2.05, 4.69) is 4.98 Å². The number of aromatic nitrogens is 1. The quantitative estimate of drug-likeness (QED) is 0.612. The second-order valence-electron chi connectivity index (χ2n) is 8.66. The monoisotopic (exact) mass is 449 g/mol. The number of allylic oxidation sites excluding steroid dienone is 1. The molecular formula is C27H19N3O4. The number of ketones is 1. The van der Waals surface area contributed by atoms with Crippen molar-refractivity contribution in [3.8, 4) is 0 Å². The first-order valence-corrected chi connectivity index (χ1v) is 11.0. The highest BCUT2D eigenvalue weighted by atomic mass is 16.3. The zero-order valence-corrected chi connectivity index (χ0v) is 18.2. The van der Waals surface area contributed by atoms with E-state index in [9.17, 15) is 19.5 Å². The molecule has 1 N–H and O–H groups in total. The Labute approximate surface area is 195 Å². The molecule has 2 aliphatic heterocycles. The van der Waals surface area contributed by atoms with E-state index >= 15 is 0 Å². The minimum atomic E-state index is -0.990. The van der Waals surface area contributed by atoms with Gasteiger partial charge in [-0.2, -0.15) is 0 Å². The van der Waals surface area contributed by atoms with Gasteiger partial charge in [0.25, 0.3) is 0 Å². The van der Waals surface area contributed by atoms with Crippen LogP contribution in [0.3, 0.4) is 0 Å². The summed E-state index contributed by atoms with van der Waals surface area (Å²) in [7, 11) is 0. The van der Waals surface area contributed by atoms with Gasteiger partial charge in [-0.25, -0.2) is 4.90 Å². The SMILES string of the molecule is Cc1ccc(N2C(=O)C3C(C4=C(O)c5ccccc5C4=O)=NC(c4ccccn4)C3C2=O)cc1. The summed E-state index contributed by atoms with van der Waals surface area (Å²) >= 11 is 0. The second-order valence-corrected chi connectivity index (χ2v) is 8.66. The van der Waals surface area contributed by atoms with Gasteiger partial charge in [0, 0.05) is 17.3 Å². The van der Waals surface area contributed by atoms with Crippen molar-refractivity contribution in [3.63, 3.8) is 0 Å². The predicted molar refractivity (Wildman–Crippen MR) is 125 cm³/mol. The number of carbonyl (C=O) groups excluding carboxylic acids is 3. The molecular weight excluding hydrogens is 430 g/mol. The Kier molecular flexibility index (Phi) is 4.35. The Bertz CT molecular complexity index is 1440. The molecule has 3 aromatic rings. The maximum Gasteiger partial charge on any atom is 0.243 e. The second kappa shape index (κ2) is 7.31. The smallest absolute Gasteiger partial charge is 0.243 e. The third-order valence-electron chi connectivity index (χ3n) is 6.69. The number of aryl methyl sites for hydroxylation is 1.